The van der Waals surface area contributed by atoms with Crippen molar-refractivity contribution < 1.29 is 14.3 Å². The topological polar surface area (TPSA) is 75.6 Å². The van der Waals surface area contributed by atoms with E-state index in [1.807, 2.05) is 6.92 Å². The van der Waals surface area contributed by atoms with Gasteiger partial charge in [0.2, 0.25) is 5.88 Å². The molecular weight excluding hydrogens is 296 g/mol. The Kier molecular flexibility index (Phi) is 4.73. The summed E-state index contributed by atoms with van der Waals surface area (Å²) in [5, 5.41) is 8.00. The van der Waals surface area contributed by atoms with Gasteiger partial charge in [0.05, 0.1) is 18.8 Å². The van der Waals surface area contributed by atoms with Crippen molar-refractivity contribution in [1.29, 1.82) is 0 Å². The molecule has 0 bridgehead atoms. The summed E-state index contributed by atoms with van der Waals surface area (Å²) < 4.78 is 5.25. The van der Waals surface area contributed by atoms with Crippen LogP contribution in [0.5, 0.6) is 5.88 Å². The van der Waals surface area contributed by atoms with Crippen molar-refractivity contribution in [2.24, 2.45) is 0 Å². The largest absolute Gasteiger partial charge is 0.477 e. The van der Waals surface area contributed by atoms with Crippen LogP contribution in [-0.2, 0) is 16.1 Å². The molecule has 2 fully saturated rings. The lowest BCUT2D eigenvalue weighted by atomic mass is 10.1. The molecule has 2 amide bonds. The number of rotatable bonds is 5. The number of piperazine rings is 1. The predicted molar refractivity (Wildman–Crippen MR) is 82.6 cm³/mol. The Bertz CT molecular complexity index is 569. The lowest BCUT2D eigenvalue weighted by Gasteiger charge is -2.36. The first kappa shape index (κ1) is 15.7. The molecule has 7 nitrogen and oxygen atoms in total. The SMILES string of the molecule is CCOc1ccc(CN2CCN(C3CCCC3)C(=O)C2=O)nn1. The van der Waals surface area contributed by atoms with Gasteiger partial charge in [-0.15, -0.1) is 5.10 Å². The summed E-state index contributed by atoms with van der Waals surface area (Å²) in [5.74, 6) is -0.342. The molecule has 0 radical (unpaired) electrons. The molecule has 0 unspecified atom stereocenters. The van der Waals surface area contributed by atoms with Crippen LogP contribution >= 0.6 is 0 Å². The molecule has 1 aliphatic carbocycles. The molecular formula is C16H22N4O3. The van der Waals surface area contributed by atoms with Crippen LogP contribution in [0.15, 0.2) is 12.1 Å². The zero-order valence-electron chi connectivity index (χ0n) is 13.4. The first-order chi connectivity index (χ1) is 11.2. The molecule has 1 aliphatic heterocycles. The fourth-order valence-corrected chi connectivity index (χ4v) is 3.26. The minimum atomic E-state index is -0.432. The highest BCUT2D eigenvalue weighted by Gasteiger charge is 2.37. The maximum absolute atomic E-state index is 12.3. The average Bonchev–Trinajstić information content (AvgIpc) is 3.08. The Morgan fingerprint density at radius 2 is 1.91 bits per heavy atom. The van der Waals surface area contributed by atoms with Crippen molar-refractivity contribution in [3.05, 3.63) is 17.8 Å². The van der Waals surface area contributed by atoms with Crippen LogP contribution in [0.25, 0.3) is 0 Å². The fraction of sp³-hybridized carbons (Fsp3) is 0.625. The number of carbonyl (C=O) groups excluding carboxylic acids is 2. The van der Waals surface area contributed by atoms with Crippen molar-refractivity contribution in [2.75, 3.05) is 19.7 Å². The van der Waals surface area contributed by atoms with Gasteiger partial charge in [-0.25, -0.2) is 0 Å². The van der Waals surface area contributed by atoms with E-state index >= 15 is 0 Å². The van der Waals surface area contributed by atoms with Gasteiger partial charge in [0.15, 0.2) is 0 Å². The number of hydrogen-bond acceptors (Lipinski definition) is 5. The van der Waals surface area contributed by atoms with Crippen LogP contribution in [-0.4, -0.2) is 57.5 Å². The summed E-state index contributed by atoms with van der Waals surface area (Å²) in [6.07, 6.45) is 4.33. The summed E-state index contributed by atoms with van der Waals surface area (Å²) >= 11 is 0. The van der Waals surface area contributed by atoms with Gasteiger partial charge < -0.3 is 14.5 Å². The normalized spacial score (nSPS) is 19.5. The molecule has 23 heavy (non-hydrogen) atoms. The molecule has 0 atom stereocenters. The highest BCUT2D eigenvalue weighted by molar-refractivity contribution is 6.35. The standard InChI is InChI=1S/C16H22N4O3/c1-2-23-14-8-7-12(17-18-14)11-19-9-10-20(16(22)15(19)21)13-5-3-4-6-13/h7-8,13H,2-6,9-11H2,1H3. The second-order valence-corrected chi connectivity index (χ2v) is 5.96. The maximum atomic E-state index is 12.3. The average molecular weight is 318 g/mol. The Labute approximate surface area is 135 Å². The van der Waals surface area contributed by atoms with E-state index in [9.17, 15) is 9.59 Å². The summed E-state index contributed by atoms with van der Waals surface area (Å²) in [5.41, 5.74) is 0.656. The highest BCUT2D eigenvalue weighted by Crippen LogP contribution is 2.25. The third-order valence-corrected chi connectivity index (χ3v) is 4.45. The molecule has 2 aliphatic rings. The number of nitrogens with zero attached hydrogens (tertiary/aromatic N) is 4. The molecule has 1 aromatic rings. The minimum Gasteiger partial charge on any atom is -0.477 e. The lowest BCUT2D eigenvalue weighted by Crippen LogP contribution is -2.56. The zero-order chi connectivity index (χ0) is 16.2. The molecule has 0 aromatic carbocycles. The fourth-order valence-electron chi connectivity index (χ4n) is 3.26. The summed E-state index contributed by atoms with van der Waals surface area (Å²) in [6.45, 7) is 3.88. The summed E-state index contributed by atoms with van der Waals surface area (Å²) in [4.78, 5) is 28.0. The van der Waals surface area contributed by atoms with Crippen molar-refractivity contribution in [1.82, 2.24) is 20.0 Å². The van der Waals surface area contributed by atoms with Gasteiger partial charge >= 0.3 is 11.8 Å². The molecule has 0 N–H and O–H groups in total. The van der Waals surface area contributed by atoms with E-state index in [2.05, 4.69) is 10.2 Å². The highest BCUT2D eigenvalue weighted by atomic mass is 16.5. The maximum Gasteiger partial charge on any atom is 0.312 e. The third kappa shape index (κ3) is 3.43. The molecule has 7 heteroatoms. The molecule has 1 saturated carbocycles. The lowest BCUT2D eigenvalue weighted by molar-refractivity contribution is -0.158. The van der Waals surface area contributed by atoms with Crippen LogP contribution in [0.3, 0.4) is 0 Å². The van der Waals surface area contributed by atoms with E-state index in [4.69, 9.17) is 4.74 Å². The van der Waals surface area contributed by atoms with Crippen LogP contribution in [0.2, 0.25) is 0 Å². The van der Waals surface area contributed by atoms with Crippen molar-refractivity contribution >= 4 is 11.8 Å². The Morgan fingerprint density at radius 1 is 1.13 bits per heavy atom. The Morgan fingerprint density at radius 3 is 2.57 bits per heavy atom. The van der Waals surface area contributed by atoms with E-state index in [0.29, 0.717) is 37.8 Å². The van der Waals surface area contributed by atoms with E-state index < -0.39 is 5.91 Å². The Hall–Kier alpha value is -2.18. The smallest absolute Gasteiger partial charge is 0.312 e. The summed E-state index contributed by atoms with van der Waals surface area (Å²) in [7, 11) is 0. The first-order valence-corrected chi connectivity index (χ1v) is 8.24. The molecule has 124 valence electrons. The molecule has 3 rings (SSSR count). The second-order valence-electron chi connectivity index (χ2n) is 5.96. The van der Waals surface area contributed by atoms with E-state index in [-0.39, 0.29) is 11.9 Å². The zero-order valence-corrected chi connectivity index (χ0v) is 13.4. The van der Waals surface area contributed by atoms with Crippen LogP contribution in [0, 0.1) is 0 Å². The number of aromatic nitrogens is 2. The quantitative estimate of drug-likeness (QED) is 0.757. The minimum absolute atomic E-state index is 0.249. The first-order valence-electron chi connectivity index (χ1n) is 8.24. The molecule has 1 saturated heterocycles. The Balaban J connectivity index is 1.61. The van der Waals surface area contributed by atoms with Gasteiger partial charge in [-0.1, -0.05) is 12.8 Å². The van der Waals surface area contributed by atoms with E-state index in [1.54, 1.807) is 21.9 Å². The van der Waals surface area contributed by atoms with Gasteiger partial charge in [0.25, 0.3) is 0 Å². The van der Waals surface area contributed by atoms with Gasteiger partial charge in [-0.2, -0.15) is 5.10 Å². The van der Waals surface area contributed by atoms with E-state index in [1.165, 1.54) is 0 Å². The van der Waals surface area contributed by atoms with Crippen molar-refractivity contribution in [3.63, 3.8) is 0 Å². The molecule has 0 spiro atoms. The van der Waals surface area contributed by atoms with Crippen LogP contribution < -0.4 is 4.74 Å². The predicted octanol–water partition coefficient (Wildman–Crippen LogP) is 0.989. The van der Waals surface area contributed by atoms with Crippen LogP contribution in [0.4, 0.5) is 0 Å². The van der Waals surface area contributed by atoms with Crippen molar-refractivity contribution in [3.8, 4) is 5.88 Å². The van der Waals surface area contributed by atoms with Gasteiger partial charge in [-0.05, 0) is 25.8 Å². The number of amides is 2. The molecule has 1 aromatic heterocycles. The summed E-state index contributed by atoms with van der Waals surface area (Å²) in [6, 6.07) is 3.75. The molecule has 2 heterocycles. The number of carbonyl (C=O) groups is 2. The van der Waals surface area contributed by atoms with Gasteiger partial charge in [-0.3, -0.25) is 9.59 Å². The third-order valence-electron chi connectivity index (χ3n) is 4.45. The monoisotopic (exact) mass is 318 g/mol. The number of hydrogen-bond donors (Lipinski definition) is 0. The van der Waals surface area contributed by atoms with Gasteiger partial charge in [0.1, 0.15) is 0 Å². The number of ether oxygens (including phenoxy) is 1. The van der Waals surface area contributed by atoms with E-state index in [0.717, 1.165) is 25.7 Å². The second kappa shape index (κ2) is 6.93. The van der Waals surface area contributed by atoms with Crippen molar-refractivity contribution in [2.45, 2.75) is 45.2 Å². The van der Waals surface area contributed by atoms with Crippen LogP contribution in [0.1, 0.15) is 38.3 Å². The van der Waals surface area contributed by atoms with Gasteiger partial charge in [0, 0.05) is 25.2 Å².